The number of benzene rings is 1. The van der Waals surface area contributed by atoms with Crippen LogP contribution in [0.15, 0.2) is 41.0 Å². The van der Waals surface area contributed by atoms with Crippen LogP contribution in [-0.2, 0) is 4.79 Å². The van der Waals surface area contributed by atoms with E-state index in [1.54, 1.807) is 28.8 Å². The topological polar surface area (TPSA) is 62.6 Å². The van der Waals surface area contributed by atoms with E-state index >= 15 is 0 Å². The zero-order valence-electron chi connectivity index (χ0n) is 13.0. The van der Waals surface area contributed by atoms with Crippen molar-refractivity contribution in [3.05, 3.63) is 53.5 Å². The summed E-state index contributed by atoms with van der Waals surface area (Å²) in [6, 6.07) is 8.66. The molecular weight excluding hydrogens is 312 g/mol. The van der Waals surface area contributed by atoms with E-state index in [0.717, 1.165) is 16.8 Å². The molecule has 1 aliphatic heterocycles. The molecule has 3 rings (SSSR count). The van der Waals surface area contributed by atoms with Crippen LogP contribution in [0.4, 0.5) is 5.69 Å². The molecule has 5 nitrogen and oxygen atoms in total. The van der Waals surface area contributed by atoms with Crippen LogP contribution < -0.4 is 5.32 Å². The number of carbonyl (C=O) groups excluding carboxylic acids is 2. The third-order valence-corrected chi connectivity index (χ3v) is 4.83. The minimum atomic E-state index is -0.488. The minimum Gasteiger partial charge on any atom is -0.459 e. The van der Waals surface area contributed by atoms with Crippen molar-refractivity contribution >= 4 is 29.3 Å². The molecule has 1 aromatic carbocycles. The average Bonchev–Trinajstić information content (AvgIpc) is 3.20. The van der Waals surface area contributed by atoms with E-state index in [-0.39, 0.29) is 17.6 Å². The first-order chi connectivity index (χ1) is 11.1. The molecule has 2 amide bonds. The Hall–Kier alpha value is -2.21. The van der Waals surface area contributed by atoms with Gasteiger partial charge in [-0.15, -0.1) is 11.8 Å². The molecule has 0 spiro atoms. The van der Waals surface area contributed by atoms with Gasteiger partial charge >= 0.3 is 0 Å². The summed E-state index contributed by atoms with van der Waals surface area (Å²) in [6.45, 7) is 3.97. The van der Waals surface area contributed by atoms with Gasteiger partial charge in [0.15, 0.2) is 5.76 Å². The number of thioether (sulfide) groups is 1. The van der Waals surface area contributed by atoms with Crippen molar-refractivity contribution in [3.8, 4) is 0 Å². The molecule has 0 radical (unpaired) electrons. The number of amides is 2. The summed E-state index contributed by atoms with van der Waals surface area (Å²) >= 11 is 1.56. The van der Waals surface area contributed by atoms with Crippen molar-refractivity contribution in [1.29, 1.82) is 0 Å². The van der Waals surface area contributed by atoms with Gasteiger partial charge in [0.25, 0.3) is 5.91 Å². The number of anilines is 1. The first-order valence-electron chi connectivity index (χ1n) is 7.36. The second-order valence-electron chi connectivity index (χ2n) is 5.58. The predicted octanol–water partition coefficient (Wildman–Crippen LogP) is 3.05. The SMILES string of the molecule is Cc1ccc(NC(=O)[C@H]2CSCN2C(=O)c2ccco2)c(C)c1. The fraction of sp³-hybridized carbons (Fsp3) is 0.294. The number of hydrogen-bond donors (Lipinski definition) is 1. The molecule has 2 heterocycles. The second-order valence-corrected chi connectivity index (χ2v) is 6.58. The van der Waals surface area contributed by atoms with Crippen LogP contribution in [0.3, 0.4) is 0 Å². The summed E-state index contributed by atoms with van der Waals surface area (Å²) in [5.41, 5.74) is 2.93. The summed E-state index contributed by atoms with van der Waals surface area (Å²) in [5, 5.41) is 2.93. The molecule has 1 atom stereocenters. The van der Waals surface area contributed by atoms with Crippen LogP contribution in [0.2, 0.25) is 0 Å². The Kier molecular flexibility index (Phi) is 4.43. The number of nitrogens with one attached hydrogen (secondary N) is 1. The van der Waals surface area contributed by atoms with Gasteiger partial charge in [0.1, 0.15) is 6.04 Å². The van der Waals surface area contributed by atoms with Crippen LogP contribution in [0.1, 0.15) is 21.7 Å². The quantitative estimate of drug-likeness (QED) is 0.939. The smallest absolute Gasteiger partial charge is 0.290 e. The average molecular weight is 330 g/mol. The standard InChI is InChI=1S/C17H18N2O3S/c1-11-5-6-13(12(2)8-11)18-16(20)14-9-23-10-19(14)17(21)15-4-3-7-22-15/h3-8,14H,9-10H2,1-2H3,(H,18,20)/t14-/m1/s1. The second kappa shape index (κ2) is 6.50. The predicted molar refractivity (Wildman–Crippen MR) is 90.5 cm³/mol. The van der Waals surface area contributed by atoms with Crippen molar-refractivity contribution in [2.45, 2.75) is 19.9 Å². The number of rotatable bonds is 3. The van der Waals surface area contributed by atoms with E-state index < -0.39 is 6.04 Å². The third kappa shape index (κ3) is 3.27. The lowest BCUT2D eigenvalue weighted by Crippen LogP contribution is -2.44. The normalized spacial score (nSPS) is 17.3. The number of furan rings is 1. The summed E-state index contributed by atoms with van der Waals surface area (Å²) < 4.78 is 5.15. The maximum Gasteiger partial charge on any atom is 0.290 e. The van der Waals surface area contributed by atoms with Crippen molar-refractivity contribution in [2.75, 3.05) is 16.9 Å². The first kappa shape index (κ1) is 15.7. The van der Waals surface area contributed by atoms with Crippen LogP contribution >= 0.6 is 11.8 Å². The Morgan fingerprint density at radius 3 is 2.83 bits per heavy atom. The van der Waals surface area contributed by atoms with E-state index in [2.05, 4.69) is 5.32 Å². The third-order valence-electron chi connectivity index (χ3n) is 3.82. The van der Waals surface area contributed by atoms with Gasteiger partial charge in [-0.25, -0.2) is 0 Å². The van der Waals surface area contributed by atoms with Crippen molar-refractivity contribution in [2.24, 2.45) is 0 Å². The largest absolute Gasteiger partial charge is 0.459 e. The van der Waals surface area contributed by atoms with E-state index in [4.69, 9.17) is 4.42 Å². The number of nitrogens with zero attached hydrogens (tertiary/aromatic N) is 1. The van der Waals surface area contributed by atoms with Gasteiger partial charge in [0.2, 0.25) is 5.91 Å². The highest BCUT2D eigenvalue weighted by Gasteiger charge is 2.36. The number of carbonyl (C=O) groups is 2. The lowest BCUT2D eigenvalue weighted by molar-refractivity contribution is -0.119. The fourth-order valence-corrected chi connectivity index (χ4v) is 3.73. The van der Waals surface area contributed by atoms with Crippen molar-refractivity contribution < 1.29 is 14.0 Å². The summed E-state index contributed by atoms with van der Waals surface area (Å²) in [4.78, 5) is 26.6. The molecule has 120 valence electrons. The van der Waals surface area contributed by atoms with E-state index in [0.29, 0.717) is 11.6 Å². The minimum absolute atomic E-state index is 0.165. The van der Waals surface area contributed by atoms with Gasteiger partial charge in [-0.05, 0) is 37.6 Å². The molecule has 1 N–H and O–H groups in total. The van der Waals surface area contributed by atoms with Crippen LogP contribution in [0, 0.1) is 13.8 Å². The molecule has 1 saturated heterocycles. The molecule has 0 saturated carbocycles. The molecule has 6 heteroatoms. The Bertz CT molecular complexity index is 727. The van der Waals surface area contributed by atoms with E-state index in [1.807, 2.05) is 32.0 Å². The van der Waals surface area contributed by atoms with Gasteiger partial charge < -0.3 is 14.6 Å². The highest BCUT2D eigenvalue weighted by Crippen LogP contribution is 2.25. The molecule has 2 aromatic rings. The summed E-state index contributed by atoms with van der Waals surface area (Å²) in [5.74, 6) is 0.924. The maximum atomic E-state index is 12.6. The number of aryl methyl sites for hydroxylation is 2. The lowest BCUT2D eigenvalue weighted by atomic mass is 10.1. The Morgan fingerprint density at radius 2 is 2.13 bits per heavy atom. The Morgan fingerprint density at radius 1 is 1.30 bits per heavy atom. The summed E-state index contributed by atoms with van der Waals surface area (Å²) in [7, 11) is 0. The molecule has 0 bridgehead atoms. The monoisotopic (exact) mass is 330 g/mol. The molecular formula is C17H18N2O3S. The first-order valence-corrected chi connectivity index (χ1v) is 8.52. The highest BCUT2D eigenvalue weighted by atomic mass is 32.2. The molecule has 0 unspecified atom stereocenters. The zero-order chi connectivity index (χ0) is 16.4. The van der Waals surface area contributed by atoms with Gasteiger partial charge in [0.05, 0.1) is 12.1 Å². The Labute approximate surface area is 139 Å². The molecule has 1 aromatic heterocycles. The number of hydrogen-bond acceptors (Lipinski definition) is 4. The van der Waals surface area contributed by atoms with Crippen LogP contribution in [0.25, 0.3) is 0 Å². The molecule has 23 heavy (non-hydrogen) atoms. The van der Waals surface area contributed by atoms with Crippen LogP contribution in [-0.4, -0.2) is 34.4 Å². The van der Waals surface area contributed by atoms with Gasteiger partial charge in [-0.1, -0.05) is 17.7 Å². The molecule has 1 aliphatic rings. The van der Waals surface area contributed by atoms with E-state index in [1.165, 1.54) is 6.26 Å². The van der Waals surface area contributed by atoms with Crippen molar-refractivity contribution in [1.82, 2.24) is 4.90 Å². The molecule has 1 fully saturated rings. The maximum absolute atomic E-state index is 12.6. The fourth-order valence-electron chi connectivity index (χ4n) is 2.57. The summed E-state index contributed by atoms with van der Waals surface area (Å²) in [6.07, 6.45) is 1.46. The van der Waals surface area contributed by atoms with Crippen LogP contribution in [0.5, 0.6) is 0 Å². The van der Waals surface area contributed by atoms with E-state index in [9.17, 15) is 9.59 Å². The van der Waals surface area contributed by atoms with Gasteiger partial charge in [-0.3, -0.25) is 9.59 Å². The van der Waals surface area contributed by atoms with Crippen molar-refractivity contribution in [3.63, 3.8) is 0 Å². The van der Waals surface area contributed by atoms with Gasteiger partial charge in [-0.2, -0.15) is 0 Å². The Balaban J connectivity index is 1.74. The lowest BCUT2D eigenvalue weighted by Gasteiger charge is -2.22. The van der Waals surface area contributed by atoms with Gasteiger partial charge in [0, 0.05) is 11.4 Å². The zero-order valence-corrected chi connectivity index (χ0v) is 13.9. The highest BCUT2D eigenvalue weighted by molar-refractivity contribution is 7.99. The molecule has 0 aliphatic carbocycles.